The zero-order valence-electron chi connectivity index (χ0n) is 11.8. The topological polar surface area (TPSA) is 66.9 Å². The zero-order valence-corrected chi connectivity index (χ0v) is 11.8. The van der Waals surface area contributed by atoms with Gasteiger partial charge in [-0.1, -0.05) is 12.1 Å². The van der Waals surface area contributed by atoms with E-state index in [-0.39, 0.29) is 17.4 Å². The summed E-state index contributed by atoms with van der Waals surface area (Å²) in [5.41, 5.74) is 1.23. The van der Waals surface area contributed by atoms with Crippen LogP contribution in [-0.4, -0.2) is 29.0 Å². The number of hydrogen-bond acceptors (Lipinski definition) is 4. The molecule has 0 aliphatic rings. The number of aromatic nitrogens is 2. The lowest BCUT2D eigenvalue weighted by molar-refractivity contribution is 0.0949. The predicted octanol–water partition coefficient (Wildman–Crippen LogP) is 2.02. The molecule has 0 bridgehead atoms. The largest absolute Gasteiger partial charge is 0.369 e. The lowest BCUT2D eigenvalue weighted by Gasteiger charge is -2.06. The van der Waals surface area contributed by atoms with E-state index in [1.54, 1.807) is 18.3 Å². The number of amides is 1. The van der Waals surface area contributed by atoms with Gasteiger partial charge in [0.15, 0.2) is 0 Å². The van der Waals surface area contributed by atoms with Crippen LogP contribution in [0.15, 0.2) is 36.7 Å². The van der Waals surface area contributed by atoms with Gasteiger partial charge >= 0.3 is 0 Å². The molecule has 0 aliphatic heterocycles. The second-order valence-electron chi connectivity index (χ2n) is 4.45. The molecule has 1 aromatic carbocycles. The summed E-state index contributed by atoms with van der Waals surface area (Å²) >= 11 is 0. The molecule has 0 unspecified atom stereocenters. The number of nitrogens with zero attached hydrogens (tertiary/aromatic N) is 2. The highest BCUT2D eigenvalue weighted by atomic mass is 19.1. The van der Waals surface area contributed by atoms with E-state index in [0.717, 1.165) is 5.56 Å². The van der Waals surface area contributed by atoms with Gasteiger partial charge in [0.1, 0.15) is 17.3 Å². The molecule has 2 N–H and O–H groups in total. The molecule has 1 aromatic heterocycles. The molecular formula is C15H17FN4O. The highest BCUT2D eigenvalue weighted by Gasteiger charge is 2.08. The van der Waals surface area contributed by atoms with Gasteiger partial charge in [0.2, 0.25) is 0 Å². The van der Waals surface area contributed by atoms with Crippen LogP contribution in [-0.2, 0) is 6.42 Å². The first kappa shape index (κ1) is 14.9. The normalized spacial score (nSPS) is 10.2. The van der Waals surface area contributed by atoms with Gasteiger partial charge in [-0.25, -0.2) is 9.37 Å². The van der Waals surface area contributed by atoms with Crippen LogP contribution >= 0.6 is 0 Å². The van der Waals surface area contributed by atoms with Crippen LogP contribution in [0.2, 0.25) is 0 Å². The van der Waals surface area contributed by atoms with E-state index in [4.69, 9.17) is 0 Å². The first-order valence-corrected chi connectivity index (χ1v) is 6.77. The Hall–Kier alpha value is -2.50. The summed E-state index contributed by atoms with van der Waals surface area (Å²) in [7, 11) is 0. The minimum Gasteiger partial charge on any atom is -0.369 e. The number of nitrogens with one attached hydrogen (secondary N) is 2. The van der Waals surface area contributed by atoms with Crippen molar-refractivity contribution in [3.8, 4) is 0 Å². The van der Waals surface area contributed by atoms with Crippen LogP contribution in [0, 0.1) is 5.82 Å². The molecule has 2 rings (SSSR count). The molecule has 5 nitrogen and oxygen atoms in total. The van der Waals surface area contributed by atoms with E-state index in [0.29, 0.717) is 25.3 Å². The summed E-state index contributed by atoms with van der Waals surface area (Å²) in [6.45, 7) is 3.11. The van der Waals surface area contributed by atoms with Crippen molar-refractivity contribution in [1.29, 1.82) is 0 Å². The highest BCUT2D eigenvalue weighted by molar-refractivity contribution is 5.92. The Morgan fingerprint density at radius 1 is 1.24 bits per heavy atom. The van der Waals surface area contributed by atoms with Crippen molar-refractivity contribution < 1.29 is 9.18 Å². The standard InChI is InChI=1S/C15H17FN4O/c1-2-18-14-10-17-9-13(20-14)15(21)19-8-7-11-3-5-12(16)6-4-11/h3-6,9-10H,2,7-8H2,1H3,(H,18,20)(H,19,21). The van der Waals surface area contributed by atoms with Gasteiger partial charge in [0.05, 0.1) is 12.4 Å². The van der Waals surface area contributed by atoms with E-state index in [9.17, 15) is 9.18 Å². The smallest absolute Gasteiger partial charge is 0.271 e. The van der Waals surface area contributed by atoms with Gasteiger partial charge in [-0.15, -0.1) is 0 Å². The monoisotopic (exact) mass is 288 g/mol. The predicted molar refractivity (Wildman–Crippen MR) is 78.6 cm³/mol. The van der Waals surface area contributed by atoms with Crippen molar-refractivity contribution in [3.63, 3.8) is 0 Å². The van der Waals surface area contributed by atoms with E-state index >= 15 is 0 Å². The zero-order chi connectivity index (χ0) is 15.1. The van der Waals surface area contributed by atoms with Crippen molar-refractivity contribution in [2.24, 2.45) is 0 Å². The van der Waals surface area contributed by atoms with Crippen molar-refractivity contribution in [2.75, 3.05) is 18.4 Å². The van der Waals surface area contributed by atoms with E-state index in [2.05, 4.69) is 20.6 Å². The molecule has 1 amide bonds. The Bertz CT molecular complexity index is 601. The van der Waals surface area contributed by atoms with E-state index in [1.165, 1.54) is 18.3 Å². The molecule has 0 aliphatic carbocycles. The van der Waals surface area contributed by atoms with Gasteiger partial charge < -0.3 is 10.6 Å². The molecule has 0 atom stereocenters. The number of carbonyl (C=O) groups excluding carboxylic acids is 1. The minimum absolute atomic E-state index is 0.265. The Morgan fingerprint density at radius 2 is 2.00 bits per heavy atom. The number of hydrogen-bond donors (Lipinski definition) is 2. The Balaban J connectivity index is 1.86. The highest BCUT2D eigenvalue weighted by Crippen LogP contribution is 2.04. The maximum absolute atomic E-state index is 12.8. The number of anilines is 1. The molecule has 0 spiro atoms. The third kappa shape index (κ3) is 4.52. The van der Waals surface area contributed by atoms with Gasteiger partial charge in [0, 0.05) is 13.1 Å². The molecule has 6 heteroatoms. The number of carbonyl (C=O) groups is 1. The second kappa shape index (κ2) is 7.33. The van der Waals surface area contributed by atoms with Crippen LogP contribution < -0.4 is 10.6 Å². The molecule has 21 heavy (non-hydrogen) atoms. The second-order valence-corrected chi connectivity index (χ2v) is 4.45. The Labute approximate surface area is 122 Å². The van der Waals surface area contributed by atoms with Gasteiger partial charge in [-0.3, -0.25) is 9.78 Å². The van der Waals surface area contributed by atoms with Gasteiger partial charge in [-0.05, 0) is 31.0 Å². The molecule has 110 valence electrons. The van der Waals surface area contributed by atoms with Gasteiger partial charge in [0.25, 0.3) is 5.91 Å². The first-order valence-electron chi connectivity index (χ1n) is 6.77. The maximum atomic E-state index is 12.8. The van der Waals surface area contributed by atoms with Crippen molar-refractivity contribution >= 4 is 11.7 Å². The fourth-order valence-corrected chi connectivity index (χ4v) is 1.80. The average molecular weight is 288 g/mol. The Kier molecular flexibility index (Phi) is 5.20. The Morgan fingerprint density at radius 3 is 2.71 bits per heavy atom. The third-order valence-corrected chi connectivity index (χ3v) is 2.84. The summed E-state index contributed by atoms with van der Waals surface area (Å²) in [6.07, 6.45) is 3.62. The molecule has 0 radical (unpaired) electrons. The summed E-state index contributed by atoms with van der Waals surface area (Å²) in [6, 6.07) is 6.21. The SMILES string of the molecule is CCNc1cncc(C(=O)NCCc2ccc(F)cc2)n1. The molecular weight excluding hydrogens is 271 g/mol. The number of halogens is 1. The summed E-state index contributed by atoms with van der Waals surface area (Å²) in [5, 5.41) is 5.77. The van der Waals surface area contributed by atoms with Gasteiger partial charge in [-0.2, -0.15) is 0 Å². The average Bonchev–Trinajstić information content (AvgIpc) is 2.50. The van der Waals surface area contributed by atoms with E-state index in [1.807, 2.05) is 6.92 Å². The molecule has 2 aromatic rings. The van der Waals surface area contributed by atoms with Crippen molar-refractivity contribution in [1.82, 2.24) is 15.3 Å². The van der Waals surface area contributed by atoms with Crippen LogP contribution in [0.4, 0.5) is 10.2 Å². The van der Waals surface area contributed by atoms with Crippen LogP contribution in [0.25, 0.3) is 0 Å². The quantitative estimate of drug-likeness (QED) is 0.853. The van der Waals surface area contributed by atoms with E-state index < -0.39 is 0 Å². The first-order chi connectivity index (χ1) is 10.2. The number of rotatable bonds is 6. The third-order valence-electron chi connectivity index (χ3n) is 2.84. The molecule has 0 fully saturated rings. The van der Waals surface area contributed by atoms with Crippen molar-refractivity contribution in [2.45, 2.75) is 13.3 Å². The summed E-state index contributed by atoms with van der Waals surface area (Å²) in [5.74, 6) is 0.0337. The fraction of sp³-hybridized carbons (Fsp3) is 0.267. The van der Waals surface area contributed by atoms with Crippen molar-refractivity contribution in [3.05, 3.63) is 53.7 Å². The van der Waals surface area contributed by atoms with Crippen LogP contribution in [0.5, 0.6) is 0 Å². The maximum Gasteiger partial charge on any atom is 0.271 e. The molecule has 0 saturated heterocycles. The molecule has 0 saturated carbocycles. The molecule has 1 heterocycles. The fourth-order valence-electron chi connectivity index (χ4n) is 1.80. The summed E-state index contributed by atoms with van der Waals surface area (Å²) in [4.78, 5) is 20.1. The lowest BCUT2D eigenvalue weighted by Crippen LogP contribution is -2.27. The summed E-state index contributed by atoms with van der Waals surface area (Å²) < 4.78 is 12.8. The number of benzene rings is 1. The lowest BCUT2D eigenvalue weighted by atomic mass is 10.1. The van der Waals surface area contributed by atoms with Crippen LogP contribution in [0.1, 0.15) is 23.0 Å². The minimum atomic E-state index is -0.274. The van der Waals surface area contributed by atoms with Crippen LogP contribution in [0.3, 0.4) is 0 Å².